The predicted octanol–water partition coefficient (Wildman–Crippen LogP) is 1.28. The van der Waals surface area contributed by atoms with Crippen LogP contribution in [0.25, 0.3) is 0 Å². The Morgan fingerprint density at radius 3 is 2.68 bits per heavy atom. The third-order valence-corrected chi connectivity index (χ3v) is 8.44. The van der Waals surface area contributed by atoms with E-state index in [1.807, 2.05) is 31.2 Å². The van der Waals surface area contributed by atoms with E-state index >= 15 is 0 Å². The quantitative estimate of drug-likeness (QED) is 0.662. The Morgan fingerprint density at radius 2 is 2.00 bits per heavy atom. The van der Waals surface area contributed by atoms with Crippen LogP contribution in [0.2, 0.25) is 0 Å². The van der Waals surface area contributed by atoms with Gasteiger partial charge in [-0.25, -0.2) is 13.2 Å². The van der Waals surface area contributed by atoms with Gasteiger partial charge in [0.2, 0.25) is 5.91 Å². The highest BCUT2D eigenvalue weighted by molar-refractivity contribution is 7.91. The van der Waals surface area contributed by atoms with Crippen molar-refractivity contribution in [3.8, 4) is 0 Å². The number of urea groups is 1. The lowest BCUT2D eigenvalue weighted by Crippen LogP contribution is -2.52. The molecule has 2 atom stereocenters. The molecule has 1 aromatic carbocycles. The fourth-order valence-electron chi connectivity index (χ4n) is 4.93. The number of carbonyl (C=O) groups excluding carboxylic acids is 3. The summed E-state index contributed by atoms with van der Waals surface area (Å²) in [7, 11) is -3.15. The number of hydrogen-bond donors (Lipinski definition) is 1. The van der Waals surface area contributed by atoms with Crippen LogP contribution in [-0.4, -0.2) is 72.2 Å². The van der Waals surface area contributed by atoms with Crippen molar-refractivity contribution >= 4 is 27.7 Å². The van der Waals surface area contributed by atoms with Crippen LogP contribution in [0.15, 0.2) is 24.3 Å². The standard InChI is InChI=1S/C22H29N3O5S/c1-2-3-11-24(18-9-12-31(29,30)15-18)19(26)14-25-20(27)22(23-21(25)28)10-8-16-6-4-5-7-17(16)13-22/h4-7,18H,2-3,8-15H2,1H3,(H,23,28). The first-order valence-electron chi connectivity index (χ1n) is 11.0. The molecule has 8 nitrogen and oxygen atoms in total. The molecule has 0 aromatic heterocycles. The van der Waals surface area contributed by atoms with E-state index in [0.717, 1.165) is 23.3 Å². The molecule has 1 aromatic rings. The minimum absolute atomic E-state index is 0.0523. The summed E-state index contributed by atoms with van der Waals surface area (Å²) in [6.45, 7) is 2.07. The fraction of sp³-hybridized carbons (Fsp3) is 0.591. The van der Waals surface area contributed by atoms with Crippen molar-refractivity contribution in [3.05, 3.63) is 35.4 Å². The molecule has 3 aliphatic rings. The van der Waals surface area contributed by atoms with Crippen molar-refractivity contribution in [2.24, 2.45) is 0 Å². The van der Waals surface area contributed by atoms with Gasteiger partial charge in [-0.1, -0.05) is 37.6 Å². The zero-order chi connectivity index (χ0) is 22.2. The summed E-state index contributed by atoms with van der Waals surface area (Å²) in [4.78, 5) is 41.7. The summed E-state index contributed by atoms with van der Waals surface area (Å²) in [6.07, 6.45) is 3.60. The van der Waals surface area contributed by atoms with E-state index in [0.29, 0.717) is 32.2 Å². The normalized spacial score (nSPS) is 26.7. The molecule has 1 N–H and O–H groups in total. The fourth-order valence-corrected chi connectivity index (χ4v) is 6.66. The van der Waals surface area contributed by atoms with Crippen LogP contribution in [0, 0.1) is 0 Å². The van der Waals surface area contributed by atoms with Crippen molar-refractivity contribution in [1.82, 2.24) is 15.1 Å². The van der Waals surface area contributed by atoms with E-state index < -0.39 is 21.4 Å². The van der Waals surface area contributed by atoms with Gasteiger partial charge in [0.1, 0.15) is 12.1 Å². The molecular formula is C22H29N3O5S. The molecule has 4 rings (SSSR count). The summed E-state index contributed by atoms with van der Waals surface area (Å²) in [5, 5.41) is 2.85. The van der Waals surface area contributed by atoms with Gasteiger partial charge < -0.3 is 10.2 Å². The molecule has 2 unspecified atom stereocenters. The van der Waals surface area contributed by atoms with Crippen molar-refractivity contribution in [2.75, 3.05) is 24.6 Å². The smallest absolute Gasteiger partial charge is 0.325 e. The largest absolute Gasteiger partial charge is 0.337 e. The molecule has 2 fully saturated rings. The maximum Gasteiger partial charge on any atom is 0.325 e. The summed E-state index contributed by atoms with van der Waals surface area (Å²) in [6, 6.07) is 6.95. The Bertz CT molecular complexity index is 1010. The highest BCUT2D eigenvalue weighted by Crippen LogP contribution is 2.33. The van der Waals surface area contributed by atoms with E-state index in [9.17, 15) is 22.8 Å². The van der Waals surface area contributed by atoms with Crippen LogP contribution in [0.1, 0.15) is 43.7 Å². The maximum atomic E-state index is 13.3. The first kappa shape index (κ1) is 21.8. The monoisotopic (exact) mass is 447 g/mol. The van der Waals surface area contributed by atoms with Crippen LogP contribution in [0.4, 0.5) is 4.79 Å². The number of benzene rings is 1. The molecule has 1 spiro atoms. The molecule has 2 heterocycles. The average molecular weight is 448 g/mol. The van der Waals surface area contributed by atoms with Gasteiger partial charge in [-0.05, 0) is 36.8 Å². The van der Waals surface area contributed by atoms with Gasteiger partial charge in [-0.15, -0.1) is 0 Å². The Labute approximate surface area is 182 Å². The number of sulfone groups is 1. The highest BCUT2D eigenvalue weighted by Gasteiger charge is 2.53. The lowest BCUT2D eigenvalue weighted by atomic mass is 9.78. The van der Waals surface area contributed by atoms with Crippen molar-refractivity contribution in [1.29, 1.82) is 0 Å². The Morgan fingerprint density at radius 1 is 1.26 bits per heavy atom. The van der Waals surface area contributed by atoms with E-state index in [2.05, 4.69) is 5.32 Å². The molecule has 0 saturated carbocycles. The van der Waals surface area contributed by atoms with E-state index in [-0.39, 0.29) is 35.9 Å². The van der Waals surface area contributed by atoms with Crippen LogP contribution in [0.5, 0.6) is 0 Å². The van der Waals surface area contributed by atoms with Crippen LogP contribution < -0.4 is 5.32 Å². The zero-order valence-corrected chi connectivity index (χ0v) is 18.6. The number of imide groups is 1. The van der Waals surface area contributed by atoms with Gasteiger partial charge in [0.25, 0.3) is 5.91 Å². The Balaban J connectivity index is 1.49. The van der Waals surface area contributed by atoms with E-state index in [1.54, 1.807) is 4.90 Å². The zero-order valence-electron chi connectivity index (χ0n) is 17.8. The molecule has 0 bridgehead atoms. The summed E-state index contributed by atoms with van der Waals surface area (Å²) in [5.74, 6) is -0.718. The molecule has 9 heteroatoms. The molecule has 0 radical (unpaired) electrons. The number of carbonyl (C=O) groups is 3. The van der Waals surface area contributed by atoms with Gasteiger partial charge >= 0.3 is 6.03 Å². The molecule has 1 aliphatic carbocycles. The summed E-state index contributed by atoms with van der Waals surface area (Å²) < 4.78 is 23.9. The summed E-state index contributed by atoms with van der Waals surface area (Å²) in [5.41, 5.74) is 1.21. The van der Waals surface area contributed by atoms with Crippen LogP contribution in [-0.2, 0) is 32.3 Å². The van der Waals surface area contributed by atoms with E-state index in [4.69, 9.17) is 0 Å². The number of amides is 4. The van der Waals surface area contributed by atoms with Crippen molar-refractivity contribution in [2.45, 2.75) is 57.0 Å². The third kappa shape index (κ3) is 4.20. The van der Waals surface area contributed by atoms with E-state index in [1.165, 1.54) is 5.56 Å². The number of rotatable bonds is 6. The Kier molecular flexibility index (Phi) is 5.81. The molecule has 2 aliphatic heterocycles. The number of fused-ring (bicyclic) bond motifs is 1. The number of unbranched alkanes of at least 4 members (excludes halogenated alkanes) is 1. The molecule has 2 saturated heterocycles. The maximum absolute atomic E-state index is 13.3. The molecule has 31 heavy (non-hydrogen) atoms. The highest BCUT2D eigenvalue weighted by atomic mass is 32.2. The SMILES string of the molecule is CCCCN(C(=O)CN1C(=O)NC2(CCc3ccccc3C2)C1=O)C1CCS(=O)(=O)C1. The van der Waals surface area contributed by atoms with Gasteiger partial charge in [0, 0.05) is 19.0 Å². The topological polar surface area (TPSA) is 104 Å². The predicted molar refractivity (Wildman–Crippen MR) is 115 cm³/mol. The number of nitrogens with zero attached hydrogens (tertiary/aromatic N) is 2. The van der Waals surface area contributed by atoms with Gasteiger partial charge in [-0.3, -0.25) is 14.5 Å². The van der Waals surface area contributed by atoms with Crippen LogP contribution >= 0.6 is 0 Å². The molecular weight excluding hydrogens is 418 g/mol. The number of nitrogens with one attached hydrogen (secondary N) is 1. The van der Waals surface area contributed by atoms with Crippen molar-refractivity contribution in [3.63, 3.8) is 0 Å². The average Bonchev–Trinajstić information content (AvgIpc) is 3.20. The molecule has 168 valence electrons. The van der Waals surface area contributed by atoms with Gasteiger partial charge in [0.05, 0.1) is 11.5 Å². The van der Waals surface area contributed by atoms with Crippen molar-refractivity contribution < 1.29 is 22.8 Å². The van der Waals surface area contributed by atoms with Gasteiger partial charge in [-0.2, -0.15) is 0 Å². The lowest BCUT2D eigenvalue weighted by molar-refractivity contribution is -0.140. The Hall–Kier alpha value is -2.42. The first-order valence-corrected chi connectivity index (χ1v) is 12.8. The van der Waals surface area contributed by atoms with Crippen LogP contribution in [0.3, 0.4) is 0 Å². The second-order valence-corrected chi connectivity index (χ2v) is 11.1. The first-order chi connectivity index (χ1) is 14.7. The lowest BCUT2D eigenvalue weighted by Gasteiger charge is -2.32. The third-order valence-electron chi connectivity index (χ3n) is 6.69. The second-order valence-electron chi connectivity index (χ2n) is 8.85. The minimum atomic E-state index is -3.15. The second kappa shape index (κ2) is 8.26. The minimum Gasteiger partial charge on any atom is -0.337 e. The summed E-state index contributed by atoms with van der Waals surface area (Å²) >= 11 is 0. The number of aryl methyl sites for hydroxylation is 1. The molecule has 4 amide bonds. The number of hydrogen-bond acceptors (Lipinski definition) is 5. The van der Waals surface area contributed by atoms with Gasteiger partial charge in [0.15, 0.2) is 9.84 Å².